The van der Waals surface area contributed by atoms with Crippen molar-refractivity contribution in [2.45, 2.75) is 17.9 Å². The Morgan fingerprint density at radius 2 is 2.17 bits per heavy atom. The number of hydrogen-bond acceptors (Lipinski definition) is 2. The second-order valence-electron chi connectivity index (χ2n) is 2.77. The van der Waals surface area contributed by atoms with Gasteiger partial charge in [0, 0.05) is 0 Å². The van der Waals surface area contributed by atoms with Gasteiger partial charge in [-0.15, -0.1) is 0 Å². The van der Waals surface area contributed by atoms with E-state index >= 15 is 0 Å². The molecule has 64 valence electrons. The zero-order valence-electron chi connectivity index (χ0n) is 6.60. The number of fused-ring (bicyclic) bond motifs is 1. The van der Waals surface area contributed by atoms with Gasteiger partial charge in [0.2, 0.25) is 0 Å². The smallest absolute Gasteiger partial charge is 0.152 e. The third kappa shape index (κ3) is 0.924. The molecule has 0 amide bonds. The van der Waals surface area contributed by atoms with Gasteiger partial charge in [-0.25, -0.2) is 4.21 Å². The van der Waals surface area contributed by atoms with Crippen LogP contribution < -0.4 is 0 Å². The topological polar surface area (TPSA) is 40.5 Å². The van der Waals surface area contributed by atoms with E-state index in [1.807, 2.05) is 25.1 Å². The van der Waals surface area contributed by atoms with E-state index in [0.717, 1.165) is 10.0 Å². The monoisotopic (exact) mass is 183 g/mol. The lowest BCUT2D eigenvalue weighted by Crippen LogP contribution is -2.17. The standard InChI is InChI=1S/C8H9NO2S/c1-6-7-4-2-3-5-8(7)12(11)9(6)10/h2-6,10H,1H3/t6-,12?/m0/s1. The Morgan fingerprint density at radius 1 is 1.50 bits per heavy atom. The third-order valence-corrected chi connectivity index (χ3v) is 3.46. The fourth-order valence-electron chi connectivity index (χ4n) is 1.35. The van der Waals surface area contributed by atoms with Gasteiger partial charge in [-0.2, -0.15) is 0 Å². The molecule has 1 heterocycles. The van der Waals surface area contributed by atoms with Crippen molar-refractivity contribution in [3.8, 4) is 0 Å². The van der Waals surface area contributed by atoms with Gasteiger partial charge in [0.25, 0.3) is 0 Å². The first-order valence-electron chi connectivity index (χ1n) is 3.70. The molecule has 4 heteroatoms. The Bertz CT molecular complexity index is 340. The molecule has 0 saturated carbocycles. The first-order valence-corrected chi connectivity index (χ1v) is 4.81. The van der Waals surface area contributed by atoms with Crippen LogP contribution in [0.2, 0.25) is 0 Å². The highest BCUT2D eigenvalue weighted by molar-refractivity contribution is 7.82. The molecule has 0 saturated heterocycles. The SMILES string of the molecule is C[C@H]1c2ccccc2S(=O)N1O. The minimum atomic E-state index is -1.38. The maximum absolute atomic E-state index is 11.4. The molecule has 1 aromatic carbocycles. The molecule has 2 atom stereocenters. The van der Waals surface area contributed by atoms with Crippen molar-refractivity contribution in [2.75, 3.05) is 0 Å². The van der Waals surface area contributed by atoms with Crippen LogP contribution in [0.4, 0.5) is 0 Å². The van der Waals surface area contributed by atoms with Crippen LogP contribution in [0.15, 0.2) is 29.2 Å². The fourth-order valence-corrected chi connectivity index (χ4v) is 2.59. The minimum absolute atomic E-state index is 0.165. The van der Waals surface area contributed by atoms with Gasteiger partial charge in [-0.1, -0.05) is 22.7 Å². The number of rotatable bonds is 0. The van der Waals surface area contributed by atoms with E-state index in [-0.39, 0.29) is 6.04 Å². The Balaban J connectivity index is 2.59. The van der Waals surface area contributed by atoms with Crippen LogP contribution in [0.3, 0.4) is 0 Å². The summed E-state index contributed by atoms with van der Waals surface area (Å²) in [5.74, 6) is 0. The minimum Gasteiger partial charge on any atom is -0.300 e. The van der Waals surface area contributed by atoms with Crippen molar-refractivity contribution in [3.63, 3.8) is 0 Å². The normalized spacial score (nSPS) is 28.8. The molecule has 1 N–H and O–H groups in total. The van der Waals surface area contributed by atoms with E-state index in [1.165, 1.54) is 0 Å². The maximum atomic E-state index is 11.4. The van der Waals surface area contributed by atoms with Gasteiger partial charge in [-0.05, 0) is 18.6 Å². The first-order chi connectivity index (χ1) is 5.72. The Hall–Kier alpha value is -0.710. The Kier molecular flexibility index (Phi) is 1.75. The predicted octanol–water partition coefficient (Wildman–Crippen LogP) is 1.48. The zero-order chi connectivity index (χ0) is 8.72. The molecular weight excluding hydrogens is 174 g/mol. The molecule has 0 aromatic heterocycles. The summed E-state index contributed by atoms with van der Waals surface area (Å²) in [4.78, 5) is 0.715. The summed E-state index contributed by atoms with van der Waals surface area (Å²) in [6.07, 6.45) is 0. The second kappa shape index (κ2) is 2.65. The third-order valence-electron chi connectivity index (χ3n) is 2.06. The molecule has 2 rings (SSSR count). The van der Waals surface area contributed by atoms with E-state index in [9.17, 15) is 9.42 Å². The molecule has 1 aromatic rings. The molecule has 1 aliphatic rings. The van der Waals surface area contributed by atoms with Gasteiger partial charge >= 0.3 is 0 Å². The van der Waals surface area contributed by atoms with Crippen molar-refractivity contribution < 1.29 is 9.42 Å². The van der Waals surface area contributed by atoms with Crippen molar-refractivity contribution in [3.05, 3.63) is 29.8 Å². The van der Waals surface area contributed by atoms with E-state index in [2.05, 4.69) is 0 Å². The molecular formula is C8H9NO2S. The molecule has 0 spiro atoms. The Morgan fingerprint density at radius 3 is 2.83 bits per heavy atom. The van der Waals surface area contributed by atoms with E-state index < -0.39 is 11.0 Å². The van der Waals surface area contributed by atoms with Crippen molar-refractivity contribution in [1.82, 2.24) is 4.47 Å². The summed E-state index contributed by atoms with van der Waals surface area (Å²) in [6, 6.07) is 7.20. The van der Waals surface area contributed by atoms with Crippen LogP contribution in [0.5, 0.6) is 0 Å². The molecule has 1 aliphatic heterocycles. The van der Waals surface area contributed by atoms with Gasteiger partial charge in [0.1, 0.15) is 0 Å². The number of hydroxylamine groups is 1. The predicted molar refractivity (Wildman–Crippen MR) is 44.9 cm³/mol. The van der Waals surface area contributed by atoms with Gasteiger partial charge in [0.05, 0.1) is 10.9 Å². The molecule has 0 radical (unpaired) electrons. The molecule has 12 heavy (non-hydrogen) atoms. The zero-order valence-corrected chi connectivity index (χ0v) is 7.41. The van der Waals surface area contributed by atoms with E-state index in [1.54, 1.807) is 6.07 Å². The summed E-state index contributed by atoms with van der Waals surface area (Å²) in [5.41, 5.74) is 0.943. The maximum Gasteiger partial charge on any atom is 0.152 e. The molecule has 1 unspecified atom stereocenters. The lowest BCUT2D eigenvalue weighted by Gasteiger charge is -2.09. The van der Waals surface area contributed by atoms with Crippen LogP contribution in [-0.2, 0) is 11.0 Å². The van der Waals surface area contributed by atoms with Gasteiger partial charge in [-0.3, -0.25) is 0 Å². The lowest BCUT2D eigenvalue weighted by molar-refractivity contribution is -0.0192. The Labute approximate surface area is 73.2 Å². The highest BCUT2D eigenvalue weighted by Crippen LogP contribution is 2.34. The lowest BCUT2D eigenvalue weighted by atomic mass is 10.1. The molecule has 0 bridgehead atoms. The first kappa shape index (κ1) is 7.91. The van der Waals surface area contributed by atoms with Gasteiger partial charge < -0.3 is 5.21 Å². The number of nitrogens with zero attached hydrogens (tertiary/aromatic N) is 1. The van der Waals surface area contributed by atoms with Crippen molar-refractivity contribution in [2.24, 2.45) is 0 Å². The number of hydrogen-bond donors (Lipinski definition) is 1. The fraction of sp³-hybridized carbons (Fsp3) is 0.250. The van der Waals surface area contributed by atoms with Crippen molar-refractivity contribution >= 4 is 11.0 Å². The van der Waals surface area contributed by atoms with Crippen LogP contribution in [0.25, 0.3) is 0 Å². The molecule has 3 nitrogen and oxygen atoms in total. The van der Waals surface area contributed by atoms with Crippen LogP contribution in [0.1, 0.15) is 18.5 Å². The number of benzene rings is 1. The summed E-state index contributed by atoms with van der Waals surface area (Å²) in [7, 11) is -1.38. The van der Waals surface area contributed by atoms with Gasteiger partial charge in [0.15, 0.2) is 11.0 Å². The summed E-state index contributed by atoms with van der Waals surface area (Å²) >= 11 is 0. The van der Waals surface area contributed by atoms with Crippen LogP contribution in [0, 0.1) is 0 Å². The average Bonchev–Trinajstić information content (AvgIpc) is 2.33. The van der Waals surface area contributed by atoms with Crippen LogP contribution in [-0.4, -0.2) is 13.9 Å². The quantitative estimate of drug-likeness (QED) is 0.661. The molecule has 0 fully saturated rings. The highest BCUT2D eigenvalue weighted by Gasteiger charge is 2.31. The summed E-state index contributed by atoms with van der Waals surface area (Å²) in [5, 5.41) is 9.32. The second-order valence-corrected chi connectivity index (χ2v) is 4.08. The summed E-state index contributed by atoms with van der Waals surface area (Å²) in [6.45, 7) is 1.82. The average molecular weight is 183 g/mol. The summed E-state index contributed by atoms with van der Waals surface area (Å²) < 4.78 is 12.3. The highest BCUT2D eigenvalue weighted by atomic mass is 32.2. The van der Waals surface area contributed by atoms with E-state index in [0.29, 0.717) is 4.90 Å². The van der Waals surface area contributed by atoms with Crippen molar-refractivity contribution in [1.29, 1.82) is 0 Å². The van der Waals surface area contributed by atoms with Crippen LogP contribution >= 0.6 is 0 Å². The largest absolute Gasteiger partial charge is 0.300 e. The van der Waals surface area contributed by atoms with E-state index in [4.69, 9.17) is 0 Å². The molecule has 0 aliphatic carbocycles.